The average molecular weight is 492 g/mol. The molecule has 34 heavy (non-hydrogen) atoms. The fraction of sp³-hybridized carbons (Fsp3) is 0.565. The van der Waals surface area contributed by atoms with Crippen molar-refractivity contribution in [2.24, 2.45) is 4.99 Å². The molecule has 0 aromatic heterocycles. The van der Waals surface area contributed by atoms with Crippen molar-refractivity contribution in [3.63, 3.8) is 0 Å². The second-order valence-electron chi connectivity index (χ2n) is 7.29. The number of hydrogen-bond acceptors (Lipinski definition) is 7. The van der Waals surface area contributed by atoms with Gasteiger partial charge in [0.2, 0.25) is 5.90 Å². The standard InChI is InChI=1S/C13H14F3NO3.C10H18O4/c1-3-10(8-18)17-12(19-2)9-5-4-6-11(7-9)20-13(14,15)16;1-13-9(10(11)12)7-14-8-5-3-2-4-6-8/h3-7,18H,8H2,1-2H3;8-9H,2-7H2,1H3,(H,11,12)/b10-3+,17-12?;. The van der Waals surface area contributed by atoms with Gasteiger partial charge in [-0.3, -0.25) is 0 Å². The van der Waals surface area contributed by atoms with Crippen LogP contribution in [0.25, 0.3) is 0 Å². The summed E-state index contributed by atoms with van der Waals surface area (Å²) in [7, 11) is 2.73. The molecule has 8 nitrogen and oxygen atoms in total. The molecule has 0 spiro atoms. The second-order valence-corrected chi connectivity index (χ2v) is 7.29. The number of hydrogen-bond donors (Lipinski definition) is 2. The molecule has 11 heteroatoms. The molecule has 0 heterocycles. The van der Waals surface area contributed by atoms with Crippen LogP contribution in [0.15, 0.2) is 41.0 Å². The van der Waals surface area contributed by atoms with Crippen LogP contribution in [0.1, 0.15) is 44.6 Å². The van der Waals surface area contributed by atoms with Crippen molar-refractivity contribution < 1.29 is 47.1 Å². The number of aliphatic hydroxyl groups excluding tert-OH is 1. The molecule has 1 fully saturated rings. The summed E-state index contributed by atoms with van der Waals surface area (Å²) in [6.45, 7) is 1.53. The summed E-state index contributed by atoms with van der Waals surface area (Å²) in [5.41, 5.74) is 0.644. The molecule has 2 N–H and O–H groups in total. The zero-order chi connectivity index (χ0) is 25.6. The predicted octanol–water partition coefficient (Wildman–Crippen LogP) is 4.31. The number of nitrogens with zero attached hydrogens (tertiary/aromatic N) is 1. The Balaban J connectivity index is 0.000000362. The Hall–Kier alpha value is -2.63. The van der Waals surface area contributed by atoms with Crippen LogP contribution in [-0.4, -0.2) is 68.1 Å². The van der Waals surface area contributed by atoms with Crippen molar-refractivity contribution in [2.45, 2.75) is 57.6 Å². The fourth-order valence-corrected chi connectivity index (χ4v) is 3.07. The number of carbonyl (C=O) groups is 1. The molecule has 1 atom stereocenters. The lowest BCUT2D eigenvalue weighted by Gasteiger charge is -2.23. The fourth-order valence-electron chi connectivity index (χ4n) is 3.07. The van der Waals surface area contributed by atoms with E-state index in [1.54, 1.807) is 13.0 Å². The first-order chi connectivity index (χ1) is 16.1. The van der Waals surface area contributed by atoms with Gasteiger partial charge in [-0.25, -0.2) is 9.79 Å². The van der Waals surface area contributed by atoms with Crippen molar-refractivity contribution in [1.29, 1.82) is 0 Å². The number of carboxylic acid groups (broad SMARTS) is 1. The Morgan fingerprint density at radius 3 is 2.41 bits per heavy atom. The molecule has 1 unspecified atom stereocenters. The maximum atomic E-state index is 12.1. The molecular weight excluding hydrogens is 459 g/mol. The Morgan fingerprint density at radius 2 is 1.91 bits per heavy atom. The van der Waals surface area contributed by atoms with E-state index in [1.807, 2.05) is 0 Å². The number of allylic oxidation sites excluding steroid dienone is 1. The van der Waals surface area contributed by atoms with Gasteiger partial charge in [0, 0.05) is 12.7 Å². The summed E-state index contributed by atoms with van der Waals surface area (Å²) < 4.78 is 55.6. The van der Waals surface area contributed by atoms with Crippen molar-refractivity contribution in [3.05, 3.63) is 41.6 Å². The highest BCUT2D eigenvalue weighted by molar-refractivity contribution is 5.95. The van der Waals surface area contributed by atoms with Crippen molar-refractivity contribution in [1.82, 2.24) is 0 Å². The number of rotatable bonds is 9. The number of aliphatic imine (C=N–C) groups is 1. The summed E-state index contributed by atoms with van der Waals surface area (Å²) in [6, 6.07) is 5.24. The third-order valence-corrected chi connectivity index (χ3v) is 4.84. The van der Waals surface area contributed by atoms with Gasteiger partial charge in [-0.2, -0.15) is 0 Å². The molecule has 1 aliphatic rings. The maximum Gasteiger partial charge on any atom is 0.573 e. The minimum absolute atomic E-state index is 0.0831. The summed E-state index contributed by atoms with van der Waals surface area (Å²) in [6.07, 6.45) is 1.97. The smallest absolute Gasteiger partial charge is 0.481 e. The summed E-state index contributed by atoms with van der Waals surface area (Å²) in [5.74, 6) is -1.24. The summed E-state index contributed by atoms with van der Waals surface area (Å²) in [5, 5.41) is 17.7. The third kappa shape index (κ3) is 11.5. The first-order valence-corrected chi connectivity index (χ1v) is 10.8. The number of carboxylic acids is 1. The lowest BCUT2D eigenvalue weighted by Crippen LogP contribution is -2.31. The largest absolute Gasteiger partial charge is 0.573 e. The van der Waals surface area contributed by atoms with Crippen molar-refractivity contribution >= 4 is 11.9 Å². The van der Waals surface area contributed by atoms with Gasteiger partial charge in [0.15, 0.2) is 6.10 Å². The highest BCUT2D eigenvalue weighted by atomic mass is 19.4. The molecular formula is C23H32F3NO7. The molecule has 1 aromatic carbocycles. The lowest BCUT2D eigenvalue weighted by atomic mass is 9.98. The number of aliphatic carboxylic acids is 1. The number of ether oxygens (including phenoxy) is 4. The van der Waals surface area contributed by atoms with E-state index in [2.05, 4.69) is 9.73 Å². The van der Waals surface area contributed by atoms with Crippen LogP contribution in [0.5, 0.6) is 5.75 Å². The Bertz CT molecular complexity index is 806. The van der Waals surface area contributed by atoms with Crippen LogP contribution >= 0.6 is 0 Å². The topological polar surface area (TPSA) is 107 Å². The van der Waals surface area contributed by atoms with E-state index in [0.717, 1.165) is 18.9 Å². The van der Waals surface area contributed by atoms with Crippen molar-refractivity contribution in [3.8, 4) is 5.75 Å². The minimum atomic E-state index is -4.76. The monoisotopic (exact) mass is 491 g/mol. The van der Waals surface area contributed by atoms with Gasteiger partial charge in [0.05, 0.1) is 32.1 Å². The SMILES string of the molecule is C/C=C(\CO)N=C(OC)c1cccc(OC(F)(F)F)c1.COC(COC1CCCCC1)C(=O)O. The Morgan fingerprint density at radius 1 is 1.24 bits per heavy atom. The second kappa shape index (κ2) is 15.3. The van der Waals surface area contributed by atoms with E-state index >= 15 is 0 Å². The number of alkyl halides is 3. The number of halogens is 3. The van der Waals surface area contributed by atoms with E-state index in [9.17, 15) is 18.0 Å². The highest BCUT2D eigenvalue weighted by Gasteiger charge is 2.31. The van der Waals surface area contributed by atoms with Crippen LogP contribution in [-0.2, 0) is 19.0 Å². The molecule has 0 bridgehead atoms. The van der Waals surface area contributed by atoms with Gasteiger partial charge < -0.3 is 29.2 Å². The average Bonchev–Trinajstić information content (AvgIpc) is 2.80. The van der Waals surface area contributed by atoms with Gasteiger partial charge in [-0.1, -0.05) is 31.4 Å². The molecule has 0 radical (unpaired) electrons. The van der Waals surface area contributed by atoms with Crippen LogP contribution < -0.4 is 4.74 Å². The van der Waals surface area contributed by atoms with E-state index in [0.29, 0.717) is 11.3 Å². The zero-order valence-corrected chi connectivity index (χ0v) is 19.5. The maximum absolute atomic E-state index is 12.1. The van der Waals surface area contributed by atoms with Crippen LogP contribution in [0.2, 0.25) is 0 Å². The molecule has 2 rings (SSSR count). The first-order valence-electron chi connectivity index (χ1n) is 10.8. The summed E-state index contributed by atoms with van der Waals surface area (Å²) in [4.78, 5) is 14.6. The normalized spacial score (nSPS) is 16.3. The molecule has 0 aliphatic heterocycles. The molecule has 0 saturated heterocycles. The Labute approximate surface area is 197 Å². The van der Waals surface area contributed by atoms with E-state index < -0.39 is 18.4 Å². The van der Waals surface area contributed by atoms with Gasteiger partial charge >= 0.3 is 12.3 Å². The number of aliphatic hydroxyl groups is 1. The molecule has 1 aromatic rings. The van der Waals surface area contributed by atoms with E-state index in [1.165, 1.54) is 51.7 Å². The first kappa shape index (κ1) is 29.4. The molecule has 1 saturated carbocycles. The highest BCUT2D eigenvalue weighted by Crippen LogP contribution is 2.24. The van der Waals surface area contributed by atoms with Crippen LogP contribution in [0, 0.1) is 0 Å². The summed E-state index contributed by atoms with van der Waals surface area (Å²) >= 11 is 0. The van der Waals surface area contributed by atoms with Gasteiger partial charge in [-0.15, -0.1) is 13.2 Å². The zero-order valence-electron chi connectivity index (χ0n) is 19.5. The number of methoxy groups -OCH3 is 2. The molecule has 0 amide bonds. The van der Waals surface area contributed by atoms with E-state index in [-0.39, 0.29) is 31.0 Å². The molecule has 192 valence electrons. The van der Waals surface area contributed by atoms with Gasteiger partial charge in [-0.05, 0) is 38.0 Å². The van der Waals surface area contributed by atoms with Gasteiger partial charge in [0.1, 0.15) is 5.75 Å². The number of benzene rings is 1. The predicted molar refractivity (Wildman–Crippen MR) is 119 cm³/mol. The van der Waals surface area contributed by atoms with Crippen LogP contribution in [0.3, 0.4) is 0 Å². The minimum Gasteiger partial charge on any atom is -0.481 e. The third-order valence-electron chi connectivity index (χ3n) is 4.84. The van der Waals surface area contributed by atoms with Crippen molar-refractivity contribution in [2.75, 3.05) is 27.4 Å². The Kier molecular flexibility index (Phi) is 13.2. The van der Waals surface area contributed by atoms with Crippen LogP contribution in [0.4, 0.5) is 13.2 Å². The van der Waals surface area contributed by atoms with Gasteiger partial charge in [0.25, 0.3) is 0 Å². The van der Waals surface area contributed by atoms with E-state index in [4.69, 9.17) is 24.4 Å². The molecule has 1 aliphatic carbocycles. The quantitative estimate of drug-likeness (QED) is 0.392. The lowest BCUT2D eigenvalue weighted by molar-refractivity contribution is -0.274.